The van der Waals surface area contributed by atoms with Crippen molar-refractivity contribution in [2.75, 3.05) is 11.9 Å². The SMILES string of the molecule is CCOC(=O)c1cnn(-c2ccccc2)c1NC(=O)c1cc(-c2cnn(CC)c2C)nc2ccccc12. The predicted octanol–water partition coefficient (Wildman–Crippen LogP) is 5.04. The van der Waals surface area contributed by atoms with Gasteiger partial charge in [-0.05, 0) is 45.0 Å². The Morgan fingerprint density at radius 2 is 1.70 bits per heavy atom. The van der Waals surface area contributed by atoms with Gasteiger partial charge in [0, 0.05) is 23.2 Å². The maximum Gasteiger partial charge on any atom is 0.343 e. The highest BCUT2D eigenvalue weighted by molar-refractivity contribution is 6.14. The summed E-state index contributed by atoms with van der Waals surface area (Å²) in [6.45, 7) is 6.66. The minimum absolute atomic E-state index is 0.165. The lowest BCUT2D eigenvalue weighted by atomic mass is 10.0. The maximum atomic E-state index is 13.8. The first-order valence-corrected chi connectivity index (χ1v) is 12.1. The summed E-state index contributed by atoms with van der Waals surface area (Å²) in [5, 5.41) is 12.4. The predicted molar refractivity (Wildman–Crippen MR) is 141 cm³/mol. The zero-order valence-corrected chi connectivity index (χ0v) is 20.8. The fraction of sp³-hybridized carbons (Fsp3) is 0.179. The molecule has 0 aliphatic heterocycles. The monoisotopic (exact) mass is 494 g/mol. The molecule has 5 aromatic rings. The van der Waals surface area contributed by atoms with E-state index in [2.05, 4.69) is 15.5 Å². The van der Waals surface area contributed by atoms with E-state index in [-0.39, 0.29) is 18.0 Å². The molecule has 9 nitrogen and oxygen atoms in total. The maximum absolute atomic E-state index is 13.8. The molecule has 0 fully saturated rings. The number of amides is 1. The van der Waals surface area contributed by atoms with Crippen LogP contribution >= 0.6 is 0 Å². The average molecular weight is 495 g/mol. The number of hydrogen-bond donors (Lipinski definition) is 1. The molecule has 2 aromatic carbocycles. The van der Waals surface area contributed by atoms with Crippen LogP contribution in [-0.2, 0) is 11.3 Å². The number of benzene rings is 2. The van der Waals surface area contributed by atoms with E-state index in [1.165, 1.54) is 10.9 Å². The number of anilines is 1. The first-order valence-electron chi connectivity index (χ1n) is 12.1. The Morgan fingerprint density at radius 3 is 2.43 bits per heavy atom. The van der Waals surface area contributed by atoms with Gasteiger partial charge in [0.25, 0.3) is 5.91 Å². The van der Waals surface area contributed by atoms with E-state index < -0.39 is 11.9 Å². The number of nitrogens with zero attached hydrogens (tertiary/aromatic N) is 5. The smallest absolute Gasteiger partial charge is 0.343 e. The lowest BCUT2D eigenvalue weighted by molar-refractivity contribution is 0.0527. The van der Waals surface area contributed by atoms with Crippen LogP contribution in [0.3, 0.4) is 0 Å². The highest BCUT2D eigenvalue weighted by atomic mass is 16.5. The molecule has 0 radical (unpaired) electrons. The first kappa shape index (κ1) is 23.9. The van der Waals surface area contributed by atoms with Crippen molar-refractivity contribution in [3.63, 3.8) is 0 Å². The number of ether oxygens (including phenoxy) is 1. The zero-order valence-electron chi connectivity index (χ0n) is 20.8. The van der Waals surface area contributed by atoms with Gasteiger partial charge in [0.05, 0.1) is 41.5 Å². The lowest BCUT2D eigenvalue weighted by Crippen LogP contribution is -2.18. The Hall–Kier alpha value is -4.79. The van der Waals surface area contributed by atoms with Gasteiger partial charge in [0.15, 0.2) is 5.82 Å². The molecule has 1 N–H and O–H groups in total. The molecule has 0 spiro atoms. The fourth-order valence-electron chi connectivity index (χ4n) is 4.28. The molecule has 3 aromatic heterocycles. The van der Waals surface area contributed by atoms with Gasteiger partial charge in [-0.2, -0.15) is 10.2 Å². The van der Waals surface area contributed by atoms with Gasteiger partial charge in [-0.25, -0.2) is 14.5 Å². The van der Waals surface area contributed by atoms with Gasteiger partial charge in [0.1, 0.15) is 5.56 Å². The summed E-state index contributed by atoms with van der Waals surface area (Å²) in [5.74, 6) is -0.737. The summed E-state index contributed by atoms with van der Waals surface area (Å²) in [5.41, 5.74) is 4.40. The number of nitrogens with one attached hydrogen (secondary N) is 1. The molecule has 0 aliphatic rings. The fourth-order valence-corrected chi connectivity index (χ4v) is 4.28. The minimum Gasteiger partial charge on any atom is -0.462 e. The highest BCUT2D eigenvalue weighted by Crippen LogP contribution is 2.29. The number of carbonyl (C=O) groups excluding carboxylic acids is 2. The second-order valence-corrected chi connectivity index (χ2v) is 8.36. The number of aromatic nitrogens is 5. The number of aryl methyl sites for hydroxylation is 1. The molecule has 3 heterocycles. The summed E-state index contributed by atoms with van der Waals surface area (Å²) >= 11 is 0. The van der Waals surface area contributed by atoms with E-state index in [1.54, 1.807) is 19.2 Å². The van der Waals surface area contributed by atoms with Gasteiger partial charge in [-0.1, -0.05) is 36.4 Å². The van der Waals surface area contributed by atoms with Gasteiger partial charge >= 0.3 is 5.97 Å². The largest absolute Gasteiger partial charge is 0.462 e. The van der Waals surface area contributed by atoms with Crippen LogP contribution in [0.15, 0.2) is 73.1 Å². The molecule has 186 valence electrons. The first-order chi connectivity index (χ1) is 18.0. The third-order valence-corrected chi connectivity index (χ3v) is 6.14. The molecule has 0 saturated heterocycles. The van der Waals surface area contributed by atoms with Crippen molar-refractivity contribution in [1.82, 2.24) is 24.5 Å². The standard InChI is InChI=1S/C28H26N6O3/c1-4-33-18(3)22(16-29-33)25-15-21(20-13-9-10-14-24(20)31-25)27(35)32-26-23(28(36)37-5-2)17-30-34(26)19-11-7-6-8-12-19/h6-17H,4-5H2,1-3H3,(H,32,35). The van der Waals surface area contributed by atoms with Crippen LogP contribution in [0.4, 0.5) is 5.82 Å². The summed E-state index contributed by atoms with van der Waals surface area (Å²) in [6, 6.07) is 18.5. The number of rotatable bonds is 7. The van der Waals surface area contributed by atoms with Crippen molar-refractivity contribution in [3.8, 4) is 16.9 Å². The van der Waals surface area contributed by atoms with Crippen molar-refractivity contribution < 1.29 is 14.3 Å². The van der Waals surface area contributed by atoms with Crippen LogP contribution < -0.4 is 5.32 Å². The number of para-hydroxylation sites is 2. The van der Waals surface area contributed by atoms with Crippen LogP contribution in [0.25, 0.3) is 27.8 Å². The highest BCUT2D eigenvalue weighted by Gasteiger charge is 2.24. The van der Waals surface area contributed by atoms with Crippen molar-refractivity contribution in [3.05, 3.63) is 89.9 Å². The van der Waals surface area contributed by atoms with E-state index in [9.17, 15) is 9.59 Å². The quantitative estimate of drug-likeness (QED) is 0.318. The zero-order chi connectivity index (χ0) is 25.9. The number of esters is 1. The molecular weight excluding hydrogens is 468 g/mol. The van der Waals surface area contributed by atoms with E-state index in [4.69, 9.17) is 9.72 Å². The number of carbonyl (C=O) groups is 2. The van der Waals surface area contributed by atoms with Crippen LogP contribution in [0.5, 0.6) is 0 Å². The van der Waals surface area contributed by atoms with E-state index in [0.29, 0.717) is 27.8 Å². The van der Waals surface area contributed by atoms with Gasteiger partial charge in [-0.15, -0.1) is 0 Å². The number of pyridine rings is 1. The summed E-state index contributed by atoms with van der Waals surface area (Å²) < 4.78 is 8.62. The molecule has 1 amide bonds. The number of hydrogen-bond acceptors (Lipinski definition) is 6. The summed E-state index contributed by atoms with van der Waals surface area (Å²) in [6.07, 6.45) is 3.17. The Labute approximate surface area is 213 Å². The van der Waals surface area contributed by atoms with Crippen molar-refractivity contribution in [2.45, 2.75) is 27.3 Å². The van der Waals surface area contributed by atoms with E-state index in [1.807, 2.05) is 73.1 Å². The molecule has 0 aliphatic carbocycles. The molecule has 0 atom stereocenters. The lowest BCUT2D eigenvalue weighted by Gasteiger charge is -2.13. The Balaban J connectivity index is 1.62. The summed E-state index contributed by atoms with van der Waals surface area (Å²) in [7, 11) is 0. The average Bonchev–Trinajstić information content (AvgIpc) is 3.51. The second-order valence-electron chi connectivity index (χ2n) is 8.36. The van der Waals surface area contributed by atoms with Gasteiger partial charge in [-0.3, -0.25) is 9.48 Å². The normalized spacial score (nSPS) is 11.0. The van der Waals surface area contributed by atoms with Crippen molar-refractivity contribution in [2.24, 2.45) is 0 Å². The van der Waals surface area contributed by atoms with Crippen molar-refractivity contribution in [1.29, 1.82) is 0 Å². The second kappa shape index (κ2) is 10.1. The minimum atomic E-state index is -0.567. The summed E-state index contributed by atoms with van der Waals surface area (Å²) in [4.78, 5) is 31.3. The van der Waals surface area contributed by atoms with E-state index in [0.717, 1.165) is 17.8 Å². The van der Waals surface area contributed by atoms with Crippen molar-refractivity contribution >= 4 is 28.6 Å². The van der Waals surface area contributed by atoms with Crippen LogP contribution in [0.1, 0.15) is 40.3 Å². The third kappa shape index (κ3) is 4.47. The molecule has 9 heteroatoms. The van der Waals surface area contributed by atoms with Crippen LogP contribution in [-0.4, -0.2) is 43.0 Å². The third-order valence-electron chi connectivity index (χ3n) is 6.14. The van der Waals surface area contributed by atoms with E-state index >= 15 is 0 Å². The molecule has 0 bridgehead atoms. The Bertz CT molecular complexity index is 1600. The number of fused-ring (bicyclic) bond motifs is 1. The van der Waals surface area contributed by atoms with Gasteiger partial charge in [0.2, 0.25) is 0 Å². The Morgan fingerprint density at radius 1 is 0.946 bits per heavy atom. The molecule has 5 rings (SSSR count). The molecule has 37 heavy (non-hydrogen) atoms. The van der Waals surface area contributed by atoms with Gasteiger partial charge < -0.3 is 10.1 Å². The molecular formula is C28H26N6O3. The molecule has 0 unspecified atom stereocenters. The van der Waals surface area contributed by atoms with Crippen LogP contribution in [0, 0.1) is 6.92 Å². The topological polar surface area (TPSA) is 104 Å². The molecule has 0 saturated carbocycles. The Kier molecular flexibility index (Phi) is 6.51. The van der Waals surface area contributed by atoms with Crippen LogP contribution in [0.2, 0.25) is 0 Å².